The Balaban J connectivity index is 1.83. The van der Waals surface area contributed by atoms with Gasteiger partial charge in [-0.2, -0.15) is 0 Å². The zero-order chi connectivity index (χ0) is 17.5. The lowest BCUT2D eigenvalue weighted by Crippen LogP contribution is -2.50. The molecule has 1 N–H and O–H groups in total. The minimum absolute atomic E-state index is 0.146. The maximum Gasteiger partial charge on any atom is 0.321 e. The molecule has 1 saturated heterocycles. The van der Waals surface area contributed by atoms with Gasteiger partial charge in [-0.15, -0.1) is 0 Å². The fourth-order valence-electron chi connectivity index (χ4n) is 2.53. The van der Waals surface area contributed by atoms with Crippen molar-refractivity contribution in [3.05, 3.63) is 29.8 Å². The standard InChI is InChI=1S/C17H25F2N3O2/c1-13(2)24-12-14-4-3-5-15(10-14)20-17(23)22-8-6-21(7-9-22)11-16(18)19/h3-5,10,13,16H,6-9,11-12H2,1-2H3,(H,20,23). The molecule has 0 atom stereocenters. The number of nitrogens with one attached hydrogen (secondary N) is 1. The minimum atomic E-state index is -2.33. The van der Waals surface area contributed by atoms with Gasteiger partial charge in [-0.1, -0.05) is 12.1 Å². The first-order valence-corrected chi connectivity index (χ1v) is 8.21. The fraction of sp³-hybridized carbons (Fsp3) is 0.588. The quantitative estimate of drug-likeness (QED) is 0.865. The number of nitrogens with zero attached hydrogens (tertiary/aromatic N) is 2. The van der Waals surface area contributed by atoms with Crippen LogP contribution < -0.4 is 5.32 Å². The summed E-state index contributed by atoms with van der Waals surface area (Å²) in [6, 6.07) is 7.32. The van der Waals surface area contributed by atoms with E-state index in [0.29, 0.717) is 38.5 Å². The number of ether oxygens (including phenoxy) is 1. The van der Waals surface area contributed by atoms with Crippen LogP contribution in [0.5, 0.6) is 0 Å². The highest BCUT2D eigenvalue weighted by atomic mass is 19.3. The minimum Gasteiger partial charge on any atom is -0.374 e. The predicted molar refractivity (Wildman–Crippen MR) is 89.4 cm³/mol. The van der Waals surface area contributed by atoms with E-state index in [1.54, 1.807) is 9.80 Å². The zero-order valence-corrected chi connectivity index (χ0v) is 14.2. The normalized spacial score (nSPS) is 16.0. The molecule has 5 nitrogen and oxygen atoms in total. The van der Waals surface area contributed by atoms with Crippen molar-refractivity contribution < 1.29 is 18.3 Å². The summed E-state index contributed by atoms with van der Waals surface area (Å²) in [6.07, 6.45) is -2.19. The van der Waals surface area contributed by atoms with E-state index in [9.17, 15) is 13.6 Å². The van der Waals surface area contributed by atoms with Crippen molar-refractivity contribution in [1.82, 2.24) is 9.80 Å². The van der Waals surface area contributed by atoms with E-state index < -0.39 is 6.43 Å². The lowest BCUT2D eigenvalue weighted by Gasteiger charge is -2.34. The molecule has 1 aromatic rings. The molecule has 2 amide bonds. The Morgan fingerprint density at radius 2 is 1.96 bits per heavy atom. The van der Waals surface area contributed by atoms with Gasteiger partial charge < -0.3 is 15.0 Å². The van der Waals surface area contributed by atoms with Gasteiger partial charge in [-0.3, -0.25) is 4.90 Å². The number of carbonyl (C=O) groups is 1. The predicted octanol–water partition coefficient (Wildman–Crippen LogP) is 3.03. The average Bonchev–Trinajstić information content (AvgIpc) is 2.53. The molecule has 1 fully saturated rings. The number of benzene rings is 1. The van der Waals surface area contributed by atoms with Crippen LogP contribution in [-0.2, 0) is 11.3 Å². The number of hydrogen-bond donors (Lipinski definition) is 1. The van der Waals surface area contributed by atoms with E-state index in [1.807, 2.05) is 38.1 Å². The lowest BCUT2D eigenvalue weighted by molar-refractivity contribution is 0.0648. The van der Waals surface area contributed by atoms with Crippen LogP contribution >= 0.6 is 0 Å². The Bertz CT molecular complexity index is 532. The SMILES string of the molecule is CC(C)OCc1cccc(NC(=O)N2CCN(CC(F)F)CC2)c1. The van der Waals surface area contributed by atoms with Gasteiger partial charge in [0.15, 0.2) is 0 Å². The number of alkyl halides is 2. The third kappa shape index (κ3) is 6.05. The van der Waals surface area contributed by atoms with Crippen LogP contribution in [0.15, 0.2) is 24.3 Å². The van der Waals surface area contributed by atoms with Crippen LogP contribution in [0.25, 0.3) is 0 Å². The lowest BCUT2D eigenvalue weighted by atomic mass is 10.2. The average molecular weight is 341 g/mol. The number of rotatable bonds is 6. The molecule has 0 bridgehead atoms. The van der Waals surface area contributed by atoms with Crippen molar-refractivity contribution in [1.29, 1.82) is 0 Å². The van der Waals surface area contributed by atoms with Gasteiger partial charge in [0.2, 0.25) is 0 Å². The topological polar surface area (TPSA) is 44.8 Å². The van der Waals surface area contributed by atoms with E-state index >= 15 is 0 Å². The fourth-order valence-corrected chi connectivity index (χ4v) is 2.53. The number of amides is 2. The number of anilines is 1. The highest BCUT2D eigenvalue weighted by molar-refractivity contribution is 5.89. The molecule has 1 aliphatic rings. The summed E-state index contributed by atoms with van der Waals surface area (Å²) in [6.45, 7) is 6.06. The van der Waals surface area contributed by atoms with Crippen LogP contribution in [0.2, 0.25) is 0 Å². The maximum atomic E-state index is 12.4. The third-order valence-corrected chi connectivity index (χ3v) is 3.82. The largest absolute Gasteiger partial charge is 0.374 e. The van der Waals surface area contributed by atoms with E-state index in [4.69, 9.17) is 4.74 Å². The maximum absolute atomic E-state index is 12.4. The molecule has 2 rings (SSSR count). The van der Waals surface area contributed by atoms with Crippen molar-refractivity contribution in [2.24, 2.45) is 0 Å². The van der Waals surface area contributed by atoms with Crippen molar-refractivity contribution in [3.63, 3.8) is 0 Å². The molecule has 0 unspecified atom stereocenters. The summed E-state index contributed by atoms with van der Waals surface area (Å²) in [7, 11) is 0. The number of halogens is 2. The molecule has 0 radical (unpaired) electrons. The molecule has 1 aliphatic heterocycles. The summed E-state index contributed by atoms with van der Waals surface area (Å²) < 4.78 is 30.3. The number of carbonyl (C=O) groups excluding carboxylic acids is 1. The highest BCUT2D eigenvalue weighted by Crippen LogP contribution is 2.14. The van der Waals surface area contributed by atoms with Crippen LogP contribution in [0.1, 0.15) is 19.4 Å². The Morgan fingerprint density at radius 1 is 1.25 bits per heavy atom. The van der Waals surface area contributed by atoms with Gasteiger partial charge >= 0.3 is 6.03 Å². The van der Waals surface area contributed by atoms with E-state index in [0.717, 1.165) is 5.56 Å². The van der Waals surface area contributed by atoms with Crippen LogP contribution in [0.3, 0.4) is 0 Å². The first-order chi connectivity index (χ1) is 11.4. The molecule has 0 saturated carbocycles. The monoisotopic (exact) mass is 341 g/mol. The number of urea groups is 1. The van der Waals surface area contributed by atoms with E-state index in [2.05, 4.69) is 5.32 Å². The molecule has 0 aromatic heterocycles. The number of hydrogen-bond acceptors (Lipinski definition) is 3. The van der Waals surface area contributed by atoms with Gasteiger partial charge in [-0.05, 0) is 31.5 Å². The Kier molecular flexibility index (Phi) is 6.93. The molecule has 1 aromatic carbocycles. The van der Waals surface area contributed by atoms with Gasteiger partial charge in [0.1, 0.15) is 0 Å². The molecule has 7 heteroatoms. The van der Waals surface area contributed by atoms with Crippen molar-refractivity contribution in [2.45, 2.75) is 33.0 Å². The van der Waals surface area contributed by atoms with Crippen molar-refractivity contribution >= 4 is 11.7 Å². The second-order valence-corrected chi connectivity index (χ2v) is 6.17. The smallest absolute Gasteiger partial charge is 0.321 e. The molecule has 1 heterocycles. The Hall–Kier alpha value is -1.73. The third-order valence-electron chi connectivity index (χ3n) is 3.82. The molecule has 134 valence electrons. The van der Waals surface area contributed by atoms with Gasteiger partial charge in [0.25, 0.3) is 6.43 Å². The first kappa shape index (κ1) is 18.6. The van der Waals surface area contributed by atoms with Crippen LogP contribution in [0, 0.1) is 0 Å². The molecular formula is C17H25F2N3O2. The molecule has 24 heavy (non-hydrogen) atoms. The van der Waals surface area contributed by atoms with E-state index in [1.165, 1.54) is 0 Å². The molecular weight excluding hydrogens is 316 g/mol. The van der Waals surface area contributed by atoms with Crippen molar-refractivity contribution in [2.75, 3.05) is 38.0 Å². The van der Waals surface area contributed by atoms with Crippen LogP contribution in [-0.4, -0.2) is 61.1 Å². The summed E-state index contributed by atoms with van der Waals surface area (Å²) in [5, 5.41) is 2.86. The van der Waals surface area contributed by atoms with E-state index in [-0.39, 0.29) is 18.7 Å². The highest BCUT2D eigenvalue weighted by Gasteiger charge is 2.22. The van der Waals surface area contributed by atoms with Gasteiger partial charge in [-0.25, -0.2) is 13.6 Å². The summed E-state index contributed by atoms with van der Waals surface area (Å²) in [5.74, 6) is 0. The molecule has 0 spiro atoms. The zero-order valence-electron chi connectivity index (χ0n) is 14.2. The van der Waals surface area contributed by atoms with Gasteiger partial charge in [0.05, 0.1) is 19.3 Å². The Morgan fingerprint density at radius 3 is 2.58 bits per heavy atom. The summed E-state index contributed by atoms with van der Waals surface area (Å²) in [5.41, 5.74) is 1.70. The second kappa shape index (κ2) is 8.94. The Labute approximate surface area is 141 Å². The summed E-state index contributed by atoms with van der Waals surface area (Å²) in [4.78, 5) is 15.6. The van der Waals surface area contributed by atoms with Gasteiger partial charge in [0, 0.05) is 31.9 Å². The summed E-state index contributed by atoms with van der Waals surface area (Å²) >= 11 is 0. The second-order valence-electron chi connectivity index (χ2n) is 6.17. The molecule has 0 aliphatic carbocycles. The first-order valence-electron chi connectivity index (χ1n) is 8.21. The van der Waals surface area contributed by atoms with Crippen molar-refractivity contribution in [3.8, 4) is 0 Å². The van der Waals surface area contributed by atoms with Crippen LogP contribution in [0.4, 0.5) is 19.3 Å². The number of piperazine rings is 1.